The molecule has 5 nitrogen and oxygen atoms in total. The van der Waals surface area contributed by atoms with Crippen molar-refractivity contribution in [2.24, 2.45) is 0 Å². The lowest BCUT2D eigenvalue weighted by atomic mass is 10.2. The van der Waals surface area contributed by atoms with Crippen LogP contribution in [0.2, 0.25) is 0 Å². The predicted molar refractivity (Wildman–Crippen MR) is 93.7 cm³/mol. The molecule has 0 unspecified atom stereocenters. The Morgan fingerprint density at radius 1 is 1.22 bits per heavy atom. The van der Waals surface area contributed by atoms with Gasteiger partial charge >= 0.3 is 6.09 Å². The summed E-state index contributed by atoms with van der Waals surface area (Å²) in [5.74, 6) is 0. The molecule has 0 atom stereocenters. The van der Waals surface area contributed by atoms with E-state index < -0.39 is 11.3 Å². The van der Waals surface area contributed by atoms with Gasteiger partial charge in [0.25, 0.3) is 0 Å². The average Bonchev–Trinajstić information content (AvgIpc) is 2.78. The van der Waals surface area contributed by atoms with Crippen molar-refractivity contribution in [3.63, 3.8) is 0 Å². The third-order valence-corrected chi connectivity index (χ3v) is 3.31. The van der Waals surface area contributed by atoms with Gasteiger partial charge in [0, 0.05) is 19.8 Å². The van der Waals surface area contributed by atoms with Gasteiger partial charge in [0.05, 0.1) is 13.2 Å². The standard InChI is InChI=1S/C10H19NO3.C8H11N/c1-9(2,3)14-8(12)11-6-7-13-10(11,4)5;1-9(2)8-6-4-3-5-7-8/h6-7H2,1-5H3;3-7H,1-2H3. The van der Waals surface area contributed by atoms with Crippen LogP contribution < -0.4 is 4.90 Å². The molecule has 1 aliphatic heterocycles. The zero-order valence-electron chi connectivity index (χ0n) is 15.4. The Hall–Kier alpha value is -1.75. The van der Waals surface area contributed by atoms with Gasteiger partial charge in [-0.1, -0.05) is 18.2 Å². The number of hydrogen-bond acceptors (Lipinski definition) is 4. The van der Waals surface area contributed by atoms with Gasteiger partial charge in [-0.3, -0.25) is 4.90 Å². The van der Waals surface area contributed by atoms with Gasteiger partial charge in [-0.05, 0) is 46.8 Å². The van der Waals surface area contributed by atoms with E-state index in [-0.39, 0.29) is 6.09 Å². The summed E-state index contributed by atoms with van der Waals surface area (Å²) < 4.78 is 10.7. The second kappa shape index (κ2) is 7.68. The van der Waals surface area contributed by atoms with Crippen molar-refractivity contribution in [1.29, 1.82) is 0 Å². The summed E-state index contributed by atoms with van der Waals surface area (Å²) in [5.41, 5.74) is 0.260. The van der Waals surface area contributed by atoms with Gasteiger partial charge in [0.2, 0.25) is 0 Å². The normalized spacial score (nSPS) is 16.4. The van der Waals surface area contributed by atoms with Crippen molar-refractivity contribution in [3.05, 3.63) is 30.3 Å². The van der Waals surface area contributed by atoms with E-state index in [0.29, 0.717) is 13.2 Å². The summed E-state index contributed by atoms with van der Waals surface area (Å²) in [6, 6.07) is 10.3. The highest BCUT2D eigenvalue weighted by Crippen LogP contribution is 2.24. The van der Waals surface area contributed by atoms with Crippen LogP contribution in [0.25, 0.3) is 0 Å². The Labute approximate surface area is 140 Å². The maximum absolute atomic E-state index is 11.7. The first kappa shape index (κ1) is 19.3. The monoisotopic (exact) mass is 322 g/mol. The van der Waals surface area contributed by atoms with E-state index in [4.69, 9.17) is 9.47 Å². The molecule has 1 saturated heterocycles. The van der Waals surface area contributed by atoms with Gasteiger partial charge in [0.15, 0.2) is 0 Å². The average molecular weight is 322 g/mol. The molecular formula is C18H30N2O3. The third kappa shape index (κ3) is 6.48. The summed E-state index contributed by atoms with van der Waals surface area (Å²) >= 11 is 0. The minimum atomic E-state index is -0.539. The highest BCUT2D eigenvalue weighted by Gasteiger charge is 2.38. The summed E-state index contributed by atoms with van der Waals surface area (Å²) in [7, 11) is 4.07. The van der Waals surface area contributed by atoms with Crippen LogP contribution in [0, 0.1) is 0 Å². The fourth-order valence-electron chi connectivity index (χ4n) is 2.09. The maximum atomic E-state index is 11.7. The van der Waals surface area contributed by atoms with Crippen LogP contribution in [0.4, 0.5) is 10.5 Å². The summed E-state index contributed by atoms with van der Waals surface area (Å²) in [6.45, 7) is 10.5. The number of amides is 1. The largest absolute Gasteiger partial charge is 0.444 e. The lowest BCUT2D eigenvalue weighted by Gasteiger charge is -2.31. The minimum Gasteiger partial charge on any atom is -0.444 e. The predicted octanol–water partition coefficient (Wildman–Crippen LogP) is 3.74. The number of carbonyl (C=O) groups is 1. The number of carbonyl (C=O) groups excluding carboxylic acids is 1. The van der Waals surface area contributed by atoms with Crippen molar-refractivity contribution in [1.82, 2.24) is 4.90 Å². The number of ether oxygens (including phenoxy) is 2. The van der Waals surface area contributed by atoms with Crippen molar-refractivity contribution >= 4 is 11.8 Å². The molecular weight excluding hydrogens is 292 g/mol. The number of benzene rings is 1. The molecule has 0 bridgehead atoms. The molecule has 130 valence electrons. The van der Waals surface area contributed by atoms with Crippen LogP contribution in [0.3, 0.4) is 0 Å². The summed E-state index contributed by atoms with van der Waals surface area (Å²) in [6.07, 6.45) is -0.306. The number of hydrogen-bond donors (Lipinski definition) is 0. The molecule has 1 aliphatic rings. The van der Waals surface area contributed by atoms with Gasteiger partial charge in [-0.15, -0.1) is 0 Å². The van der Waals surface area contributed by atoms with Gasteiger partial charge in [-0.2, -0.15) is 0 Å². The van der Waals surface area contributed by atoms with Crippen molar-refractivity contribution in [3.8, 4) is 0 Å². The fourth-order valence-corrected chi connectivity index (χ4v) is 2.09. The molecule has 0 aliphatic carbocycles. The molecule has 0 radical (unpaired) electrons. The van der Waals surface area contributed by atoms with E-state index in [0.717, 1.165) is 0 Å². The number of para-hydroxylation sites is 1. The van der Waals surface area contributed by atoms with Crippen molar-refractivity contribution < 1.29 is 14.3 Å². The van der Waals surface area contributed by atoms with Gasteiger partial charge in [0.1, 0.15) is 11.3 Å². The SMILES string of the molecule is CC(C)(C)OC(=O)N1CCOC1(C)C.CN(C)c1ccccc1. The molecule has 1 heterocycles. The minimum absolute atomic E-state index is 0.306. The molecule has 0 saturated carbocycles. The van der Waals surface area contributed by atoms with Crippen LogP contribution in [0.5, 0.6) is 0 Å². The molecule has 1 aromatic carbocycles. The Balaban J connectivity index is 0.000000253. The second-order valence-electron chi connectivity index (χ2n) is 7.16. The lowest BCUT2D eigenvalue weighted by molar-refractivity contribution is -0.0590. The van der Waals surface area contributed by atoms with Crippen molar-refractivity contribution in [2.75, 3.05) is 32.1 Å². The highest BCUT2D eigenvalue weighted by atomic mass is 16.6. The topological polar surface area (TPSA) is 42.0 Å². The number of rotatable bonds is 1. The smallest absolute Gasteiger partial charge is 0.412 e. The lowest BCUT2D eigenvalue weighted by Crippen LogP contribution is -2.45. The third-order valence-electron chi connectivity index (χ3n) is 3.31. The van der Waals surface area contributed by atoms with Crippen LogP contribution in [-0.4, -0.2) is 49.6 Å². The van der Waals surface area contributed by atoms with E-state index in [1.165, 1.54) is 5.69 Å². The first-order valence-electron chi connectivity index (χ1n) is 7.90. The Kier molecular flexibility index (Phi) is 6.45. The van der Waals surface area contributed by atoms with Crippen LogP contribution in [0.1, 0.15) is 34.6 Å². The zero-order valence-corrected chi connectivity index (χ0v) is 15.4. The molecule has 2 rings (SSSR count). The molecule has 1 aromatic rings. The fraction of sp³-hybridized carbons (Fsp3) is 0.611. The first-order chi connectivity index (χ1) is 10.5. The number of anilines is 1. The molecule has 5 heteroatoms. The molecule has 23 heavy (non-hydrogen) atoms. The maximum Gasteiger partial charge on any atom is 0.412 e. The highest BCUT2D eigenvalue weighted by molar-refractivity contribution is 5.69. The van der Waals surface area contributed by atoms with Crippen LogP contribution in [0.15, 0.2) is 30.3 Å². The molecule has 1 fully saturated rings. The number of nitrogens with zero attached hydrogens (tertiary/aromatic N) is 2. The molecule has 0 spiro atoms. The van der Waals surface area contributed by atoms with E-state index in [1.54, 1.807) is 4.90 Å². The Morgan fingerprint density at radius 3 is 2.13 bits per heavy atom. The quantitative estimate of drug-likeness (QED) is 0.790. The van der Waals surface area contributed by atoms with E-state index >= 15 is 0 Å². The molecule has 0 N–H and O–H groups in total. The Bertz CT molecular complexity index is 493. The first-order valence-corrected chi connectivity index (χ1v) is 7.90. The second-order valence-corrected chi connectivity index (χ2v) is 7.16. The summed E-state index contributed by atoms with van der Waals surface area (Å²) in [5, 5.41) is 0. The van der Waals surface area contributed by atoms with Gasteiger partial charge < -0.3 is 14.4 Å². The summed E-state index contributed by atoms with van der Waals surface area (Å²) in [4.78, 5) is 15.4. The van der Waals surface area contributed by atoms with Gasteiger partial charge in [-0.25, -0.2) is 4.79 Å². The van der Waals surface area contributed by atoms with E-state index in [9.17, 15) is 4.79 Å². The van der Waals surface area contributed by atoms with Crippen molar-refractivity contribution in [2.45, 2.75) is 45.9 Å². The molecule has 0 aromatic heterocycles. The Morgan fingerprint density at radius 2 is 1.78 bits per heavy atom. The van der Waals surface area contributed by atoms with E-state index in [2.05, 4.69) is 17.0 Å². The van der Waals surface area contributed by atoms with E-state index in [1.807, 2.05) is 66.9 Å². The zero-order chi connectivity index (χ0) is 17.7. The van der Waals surface area contributed by atoms with Crippen LogP contribution in [-0.2, 0) is 9.47 Å². The van der Waals surface area contributed by atoms with Crippen LogP contribution >= 0.6 is 0 Å². The molecule has 1 amide bonds.